The van der Waals surface area contributed by atoms with Crippen LogP contribution < -0.4 is 16.4 Å². The third-order valence-electron chi connectivity index (χ3n) is 1.97. The van der Waals surface area contributed by atoms with E-state index < -0.39 is 23.9 Å². The van der Waals surface area contributed by atoms with Crippen molar-refractivity contribution < 1.29 is 19.5 Å². The summed E-state index contributed by atoms with van der Waals surface area (Å²) in [6, 6.07) is -1.54. The number of amides is 3. The Hall–Kier alpha value is -1.79. The number of primary amides is 1. The number of rotatable bonds is 7. The fourth-order valence-electron chi connectivity index (χ4n) is 1.20. The maximum absolute atomic E-state index is 11.3. The van der Waals surface area contributed by atoms with Crippen LogP contribution in [0.2, 0.25) is 0 Å². The van der Waals surface area contributed by atoms with Gasteiger partial charge in [-0.3, -0.25) is 4.79 Å². The van der Waals surface area contributed by atoms with E-state index in [1.54, 1.807) is 0 Å². The molecule has 17 heavy (non-hydrogen) atoms. The van der Waals surface area contributed by atoms with Gasteiger partial charge in [-0.15, -0.1) is 0 Å². The number of hydrogen-bond acceptors (Lipinski definition) is 3. The zero-order valence-electron chi connectivity index (χ0n) is 10.0. The van der Waals surface area contributed by atoms with E-state index in [1.807, 2.05) is 13.8 Å². The van der Waals surface area contributed by atoms with Crippen molar-refractivity contribution >= 4 is 17.9 Å². The summed E-state index contributed by atoms with van der Waals surface area (Å²) < 4.78 is 0. The van der Waals surface area contributed by atoms with Gasteiger partial charge in [0.1, 0.15) is 6.04 Å². The molecule has 0 heterocycles. The first-order valence-corrected chi connectivity index (χ1v) is 5.38. The first kappa shape index (κ1) is 15.2. The smallest absolute Gasteiger partial charge is 0.326 e. The molecule has 0 aliphatic rings. The monoisotopic (exact) mass is 245 g/mol. The number of carbonyl (C=O) groups excluding carboxylic acids is 2. The molecule has 5 N–H and O–H groups in total. The van der Waals surface area contributed by atoms with Gasteiger partial charge in [0.2, 0.25) is 5.91 Å². The van der Waals surface area contributed by atoms with Crippen molar-refractivity contribution in [3.8, 4) is 0 Å². The molecule has 0 aromatic heterocycles. The fraction of sp³-hybridized carbons (Fsp3) is 0.700. The quantitative estimate of drug-likeness (QED) is 0.490. The van der Waals surface area contributed by atoms with Crippen LogP contribution in [0.3, 0.4) is 0 Å². The van der Waals surface area contributed by atoms with E-state index in [9.17, 15) is 14.4 Å². The Morgan fingerprint density at radius 1 is 1.29 bits per heavy atom. The standard InChI is InChI=1S/C10H19N3O4/c1-6(2)5-7(9(15)16)13-10(17)12-4-3-8(11)14/h6-7H,3-5H2,1-2H3,(H2,11,14)(H,15,16)(H2,12,13,17)/t7-/m1/s1. The van der Waals surface area contributed by atoms with Gasteiger partial charge in [-0.1, -0.05) is 13.8 Å². The summed E-state index contributed by atoms with van der Waals surface area (Å²) in [6.07, 6.45) is 0.369. The molecule has 0 saturated heterocycles. The molecule has 0 aromatic rings. The Balaban J connectivity index is 4.04. The molecular formula is C10H19N3O4. The zero-order valence-corrected chi connectivity index (χ0v) is 10.0. The predicted octanol–water partition coefficient (Wildman–Crippen LogP) is -0.340. The molecule has 0 aliphatic carbocycles. The SMILES string of the molecule is CC(C)C[C@@H](NC(=O)NCCC(N)=O)C(=O)O. The van der Waals surface area contributed by atoms with Crippen LogP contribution >= 0.6 is 0 Å². The van der Waals surface area contributed by atoms with Gasteiger partial charge in [0, 0.05) is 13.0 Å². The van der Waals surface area contributed by atoms with Crippen LogP contribution in [-0.2, 0) is 9.59 Å². The van der Waals surface area contributed by atoms with Gasteiger partial charge < -0.3 is 21.5 Å². The Bertz CT molecular complexity index is 291. The third kappa shape index (κ3) is 8.06. The van der Waals surface area contributed by atoms with Gasteiger partial charge in [0.15, 0.2) is 0 Å². The van der Waals surface area contributed by atoms with Crippen molar-refractivity contribution in [1.82, 2.24) is 10.6 Å². The summed E-state index contributed by atoms with van der Waals surface area (Å²) in [6.45, 7) is 3.82. The molecule has 0 unspecified atom stereocenters. The lowest BCUT2D eigenvalue weighted by Gasteiger charge is -2.16. The number of aliphatic carboxylic acids is 1. The molecule has 0 fully saturated rings. The number of nitrogens with two attached hydrogens (primary N) is 1. The van der Waals surface area contributed by atoms with E-state index >= 15 is 0 Å². The van der Waals surface area contributed by atoms with Crippen LogP contribution in [0.25, 0.3) is 0 Å². The summed E-state index contributed by atoms with van der Waals surface area (Å²) in [5.74, 6) is -1.45. The Morgan fingerprint density at radius 2 is 1.88 bits per heavy atom. The number of carboxylic acids is 1. The lowest BCUT2D eigenvalue weighted by atomic mass is 10.0. The maximum atomic E-state index is 11.3. The fourth-order valence-corrected chi connectivity index (χ4v) is 1.20. The highest BCUT2D eigenvalue weighted by atomic mass is 16.4. The topological polar surface area (TPSA) is 122 Å². The van der Waals surface area contributed by atoms with E-state index in [-0.39, 0.29) is 18.9 Å². The summed E-state index contributed by atoms with van der Waals surface area (Å²) >= 11 is 0. The highest BCUT2D eigenvalue weighted by molar-refractivity contribution is 5.82. The normalized spacial score (nSPS) is 11.9. The van der Waals surface area contributed by atoms with Gasteiger partial charge in [0.25, 0.3) is 0 Å². The van der Waals surface area contributed by atoms with Crippen LogP contribution in [0.1, 0.15) is 26.7 Å². The van der Waals surface area contributed by atoms with Crippen molar-refractivity contribution in [3.63, 3.8) is 0 Å². The van der Waals surface area contributed by atoms with Gasteiger partial charge in [-0.05, 0) is 12.3 Å². The van der Waals surface area contributed by atoms with Crippen molar-refractivity contribution in [3.05, 3.63) is 0 Å². The molecule has 0 aliphatic heterocycles. The first-order valence-electron chi connectivity index (χ1n) is 5.38. The minimum atomic E-state index is -1.08. The zero-order chi connectivity index (χ0) is 13.4. The second kappa shape index (κ2) is 7.48. The second-order valence-electron chi connectivity index (χ2n) is 4.14. The van der Waals surface area contributed by atoms with E-state index in [0.29, 0.717) is 6.42 Å². The molecule has 7 nitrogen and oxygen atoms in total. The van der Waals surface area contributed by atoms with Crippen LogP contribution in [0.5, 0.6) is 0 Å². The molecule has 0 saturated carbocycles. The van der Waals surface area contributed by atoms with Crippen LogP contribution in [0, 0.1) is 5.92 Å². The molecule has 98 valence electrons. The third-order valence-corrected chi connectivity index (χ3v) is 1.97. The Labute approximate surface area is 99.7 Å². The highest BCUT2D eigenvalue weighted by Gasteiger charge is 2.20. The van der Waals surface area contributed by atoms with E-state index in [2.05, 4.69) is 10.6 Å². The molecule has 0 bridgehead atoms. The van der Waals surface area contributed by atoms with Crippen molar-refractivity contribution in [2.75, 3.05) is 6.54 Å². The lowest BCUT2D eigenvalue weighted by Crippen LogP contribution is -2.47. The number of hydrogen-bond donors (Lipinski definition) is 4. The van der Waals surface area contributed by atoms with Gasteiger partial charge in [-0.2, -0.15) is 0 Å². The average molecular weight is 245 g/mol. The summed E-state index contributed by atoms with van der Waals surface area (Å²) in [5, 5.41) is 13.5. The second-order valence-corrected chi connectivity index (χ2v) is 4.14. The van der Waals surface area contributed by atoms with Gasteiger partial charge in [-0.25, -0.2) is 9.59 Å². The van der Waals surface area contributed by atoms with Crippen LogP contribution in [-0.4, -0.2) is 35.6 Å². The molecule has 3 amide bonds. The van der Waals surface area contributed by atoms with Crippen molar-refractivity contribution in [1.29, 1.82) is 0 Å². The lowest BCUT2D eigenvalue weighted by molar-refractivity contribution is -0.139. The molecule has 0 spiro atoms. The van der Waals surface area contributed by atoms with Crippen molar-refractivity contribution in [2.45, 2.75) is 32.7 Å². The maximum Gasteiger partial charge on any atom is 0.326 e. The minimum Gasteiger partial charge on any atom is -0.480 e. The average Bonchev–Trinajstić information content (AvgIpc) is 2.15. The van der Waals surface area contributed by atoms with E-state index in [0.717, 1.165) is 0 Å². The predicted molar refractivity (Wildman–Crippen MR) is 61.2 cm³/mol. The van der Waals surface area contributed by atoms with E-state index in [4.69, 9.17) is 10.8 Å². The number of urea groups is 1. The van der Waals surface area contributed by atoms with Crippen molar-refractivity contribution in [2.24, 2.45) is 11.7 Å². The van der Waals surface area contributed by atoms with Crippen LogP contribution in [0.15, 0.2) is 0 Å². The molecular weight excluding hydrogens is 226 g/mol. The first-order chi connectivity index (χ1) is 7.82. The number of carbonyl (C=O) groups is 3. The van der Waals surface area contributed by atoms with Gasteiger partial charge >= 0.3 is 12.0 Å². The summed E-state index contributed by atoms with van der Waals surface area (Å²) in [5.41, 5.74) is 4.89. The molecule has 1 atom stereocenters. The largest absolute Gasteiger partial charge is 0.480 e. The summed E-state index contributed by atoms with van der Waals surface area (Å²) in [7, 11) is 0. The van der Waals surface area contributed by atoms with Gasteiger partial charge in [0.05, 0.1) is 0 Å². The molecule has 7 heteroatoms. The molecule has 0 rings (SSSR count). The Kier molecular flexibility index (Phi) is 6.69. The minimum absolute atomic E-state index is 0.0232. The molecule has 0 radical (unpaired) electrons. The van der Waals surface area contributed by atoms with Crippen LogP contribution in [0.4, 0.5) is 4.79 Å². The van der Waals surface area contributed by atoms with E-state index in [1.165, 1.54) is 0 Å². The number of nitrogens with one attached hydrogen (secondary N) is 2. The highest BCUT2D eigenvalue weighted by Crippen LogP contribution is 2.04. The summed E-state index contributed by atoms with van der Waals surface area (Å²) in [4.78, 5) is 32.5. The number of carboxylic acid groups (broad SMARTS) is 1. The molecule has 0 aromatic carbocycles. The Morgan fingerprint density at radius 3 is 2.29 bits per heavy atom.